The first-order valence-corrected chi connectivity index (χ1v) is 6.18. The standard InChI is InChI=1S/C13H8F3N2O.BF4/c14-13(15,16)19-12-8-4-2-6-10(12)9-5-1-3-7-11(9)18-17;2-1(3,4)5/h1-8H;/q+1;-1. The van der Waals surface area contributed by atoms with Crippen molar-refractivity contribution in [2.24, 2.45) is 0 Å². The van der Waals surface area contributed by atoms with Crippen LogP contribution < -0.4 is 4.74 Å². The normalized spacial score (nSPS) is 11.1. The molecule has 0 unspecified atom stereocenters. The van der Waals surface area contributed by atoms with Gasteiger partial charge in [0.2, 0.25) is 5.39 Å². The molecule has 0 radical (unpaired) electrons. The maximum absolute atomic E-state index is 12.3. The van der Waals surface area contributed by atoms with E-state index in [0.717, 1.165) is 0 Å². The number of benzene rings is 2. The van der Waals surface area contributed by atoms with Gasteiger partial charge in [-0.2, -0.15) is 0 Å². The lowest BCUT2D eigenvalue weighted by atomic mass is 10.0. The zero-order valence-electron chi connectivity index (χ0n) is 11.6. The van der Waals surface area contributed by atoms with E-state index < -0.39 is 13.6 Å². The summed E-state index contributed by atoms with van der Waals surface area (Å²) < 4.78 is 79.9. The Morgan fingerprint density at radius 1 is 0.833 bits per heavy atom. The highest BCUT2D eigenvalue weighted by atomic mass is 19.5. The molecule has 0 heterocycles. The van der Waals surface area contributed by atoms with Crippen LogP contribution in [0.5, 0.6) is 5.75 Å². The van der Waals surface area contributed by atoms with Crippen molar-refractivity contribution < 1.29 is 35.2 Å². The minimum Gasteiger partial charge on any atom is -0.418 e. The van der Waals surface area contributed by atoms with Gasteiger partial charge in [0.05, 0.1) is 5.56 Å². The van der Waals surface area contributed by atoms with Gasteiger partial charge in [0.1, 0.15) is 5.75 Å². The minimum atomic E-state index is -6.00. The summed E-state index contributed by atoms with van der Waals surface area (Å²) in [5.41, 5.74) is 0.721. The van der Waals surface area contributed by atoms with Crippen LogP contribution in [0.3, 0.4) is 0 Å². The third kappa shape index (κ3) is 7.00. The molecule has 2 rings (SSSR count). The second-order valence-electron chi connectivity index (χ2n) is 4.16. The zero-order chi connectivity index (χ0) is 18.4. The molecule has 0 spiro atoms. The van der Waals surface area contributed by atoms with E-state index in [1.165, 1.54) is 24.3 Å². The first-order chi connectivity index (χ1) is 11.0. The molecule has 0 fully saturated rings. The zero-order valence-corrected chi connectivity index (χ0v) is 11.6. The molecule has 0 saturated carbocycles. The van der Waals surface area contributed by atoms with Crippen molar-refractivity contribution in [3.8, 4) is 16.9 Å². The Morgan fingerprint density at radius 2 is 1.29 bits per heavy atom. The molecule has 0 aliphatic carbocycles. The van der Waals surface area contributed by atoms with Gasteiger partial charge in [-0.25, -0.2) is 0 Å². The topological polar surface area (TPSA) is 37.4 Å². The summed E-state index contributed by atoms with van der Waals surface area (Å²) >= 11 is 0. The summed E-state index contributed by atoms with van der Waals surface area (Å²) in [5, 5.41) is 8.87. The van der Waals surface area contributed by atoms with Crippen LogP contribution in [0.2, 0.25) is 0 Å². The minimum absolute atomic E-state index is 0.167. The highest BCUT2D eigenvalue weighted by Crippen LogP contribution is 2.38. The molecule has 0 saturated heterocycles. The Balaban J connectivity index is 0.000000505. The van der Waals surface area contributed by atoms with Crippen LogP contribution >= 0.6 is 0 Å². The average Bonchev–Trinajstić information content (AvgIpc) is 2.44. The van der Waals surface area contributed by atoms with Gasteiger partial charge in [-0.15, -0.1) is 13.2 Å². The average molecular weight is 352 g/mol. The van der Waals surface area contributed by atoms with Crippen molar-refractivity contribution in [2.45, 2.75) is 6.36 Å². The molecule has 0 aromatic heterocycles. The third-order valence-corrected chi connectivity index (χ3v) is 2.41. The molecule has 2 aromatic carbocycles. The van der Waals surface area contributed by atoms with Gasteiger partial charge < -0.3 is 22.0 Å². The number of rotatable bonds is 2. The Labute approximate surface area is 131 Å². The molecule has 0 bridgehead atoms. The van der Waals surface area contributed by atoms with Gasteiger partial charge in [0.25, 0.3) is 0 Å². The Bertz CT molecular complexity index is 719. The molecule has 2 aromatic rings. The molecule has 24 heavy (non-hydrogen) atoms. The van der Waals surface area contributed by atoms with Gasteiger partial charge in [-0.05, 0) is 12.1 Å². The molecular formula is C13H8BF7N2O. The molecule has 0 N–H and O–H groups in total. The predicted molar refractivity (Wildman–Crippen MR) is 73.5 cm³/mol. The molecule has 128 valence electrons. The number of nitrogens with zero attached hydrogens (tertiary/aromatic N) is 2. The number of para-hydroxylation sites is 1. The first-order valence-electron chi connectivity index (χ1n) is 6.18. The van der Waals surface area contributed by atoms with E-state index in [9.17, 15) is 30.4 Å². The molecule has 11 heteroatoms. The van der Waals surface area contributed by atoms with E-state index in [1.807, 2.05) is 0 Å². The van der Waals surface area contributed by atoms with Crippen molar-refractivity contribution in [3.63, 3.8) is 0 Å². The van der Waals surface area contributed by atoms with Crippen molar-refractivity contribution in [1.29, 1.82) is 5.39 Å². The van der Waals surface area contributed by atoms with Crippen LogP contribution in [0.15, 0.2) is 48.5 Å². The summed E-state index contributed by atoms with van der Waals surface area (Å²) in [6.07, 6.45) is -4.78. The summed E-state index contributed by atoms with van der Waals surface area (Å²) in [6.45, 7) is 0. The van der Waals surface area contributed by atoms with Crippen LogP contribution in [0.25, 0.3) is 16.1 Å². The molecular weight excluding hydrogens is 344 g/mol. The third-order valence-electron chi connectivity index (χ3n) is 2.41. The van der Waals surface area contributed by atoms with E-state index in [0.29, 0.717) is 5.56 Å². The van der Waals surface area contributed by atoms with Crippen LogP contribution in [-0.2, 0) is 0 Å². The summed E-state index contributed by atoms with van der Waals surface area (Å²) in [4.78, 5) is 3.05. The van der Waals surface area contributed by atoms with E-state index >= 15 is 0 Å². The summed E-state index contributed by atoms with van der Waals surface area (Å²) in [5.74, 6) is -0.342. The second kappa shape index (κ2) is 7.67. The van der Waals surface area contributed by atoms with Gasteiger partial charge in [-0.3, -0.25) is 0 Å². The largest absolute Gasteiger partial charge is 0.673 e. The Kier molecular flexibility index (Phi) is 6.17. The van der Waals surface area contributed by atoms with Crippen molar-refractivity contribution in [2.75, 3.05) is 0 Å². The fourth-order valence-electron chi connectivity index (χ4n) is 1.69. The SMILES string of the molecule is F[B-](F)(F)F.N#[N+]c1ccccc1-c1ccccc1OC(F)(F)F. The van der Waals surface area contributed by atoms with Gasteiger partial charge in [-0.1, -0.05) is 30.3 Å². The molecule has 0 aliphatic heterocycles. The molecule has 0 atom stereocenters. The highest BCUT2D eigenvalue weighted by Gasteiger charge is 2.32. The van der Waals surface area contributed by atoms with Gasteiger partial charge in [0.15, 0.2) is 4.98 Å². The van der Waals surface area contributed by atoms with E-state index in [2.05, 4.69) is 9.71 Å². The molecule has 0 aliphatic rings. The molecule has 0 amide bonds. The summed E-state index contributed by atoms with van der Waals surface area (Å²) in [7, 11) is -6.00. The first kappa shape index (κ1) is 19.3. The lowest BCUT2D eigenvalue weighted by molar-refractivity contribution is -0.274. The highest BCUT2D eigenvalue weighted by molar-refractivity contribution is 6.50. The van der Waals surface area contributed by atoms with Crippen LogP contribution in [0, 0.1) is 5.39 Å². The predicted octanol–water partition coefficient (Wildman–Crippen LogP) is 6.04. The molecule has 3 nitrogen and oxygen atoms in total. The van der Waals surface area contributed by atoms with Gasteiger partial charge >= 0.3 is 19.3 Å². The number of halogens is 7. The Morgan fingerprint density at radius 3 is 1.79 bits per heavy atom. The summed E-state index contributed by atoms with van der Waals surface area (Å²) in [6, 6.07) is 12.0. The maximum Gasteiger partial charge on any atom is 0.673 e. The quantitative estimate of drug-likeness (QED) is 0.376. The lowest BCUT2D eigenvalue weighted by Gasteiger charge is -2.12. The fraction of sp³-hybridized carbons (Fsp3) is 0.0769. The van der Waals surface area contributed by atoms with E-state index in [-0.39, 0.29) is 17.0 Å². The van der Waals surface area contributed by atoms with Crippen molar-refractivity contribution in [3.05, 3.63) is 53.5 Å². The smallest absolute Gasteiger partial charge is 0.418 e. The number of diazo groups is 1. The number of ether oxygens (including phenoxy) is 1. The second-order valence-corrected chi connectivity index (χ2v) is 4.16. The Hall–Kier alpha value is -2.77. The number of hydrogen-bond acceptors (Lipinski definition) is 2. The van der Waals surface area contributed by atoms with Crippen molar-refractivity contribution in [1.82, 2.24) is 0 Å². The lowest BCUT2D eigenvalue weighted by Crippen LogP contribution is -2.17. The van der Waals surface area contributed by atoms with Crippen LogP contribution in [0.4, 0.5) is 36.1 Å². The monoisotopic (exact) mass is 352 g/mol. The van der Waals surface area contributed by atoms with Crippen LogP contribution in [-0.4, -0.2) is 13.6 Å². The maximum atomic E-state index is 12.3. The van der Waals surface area contributed by atoms with Crippen molar-refractivity contribution >= 4 is 12.9 Å². The number of hydrogen-bond donors (Lipinski definition) is 0. The van der Waals surface area contributed by atoms with E-state index in [1.54, 1.807) is 24.3 Å². The van der Waals surface area contributed by atoms with Gasteiger partial charge in [0, 0.05) is 11.6 Å². The van der Waals surface area contributed by atoms with E-state index in [4.69, 9.17) is 5.39 Å². The fourth-order valence-corrected chi connectivity index (χ4v) is 1.69. The van der Waals surface area contributed by atoms with Crippen LogP contribution in [0.1, 0.15) is 0 Å². The number of alkyl halides is 3.